The Morgan fingerprint density at radius 3 is 2.57 bits per heavy atom. The van der Waals surface area contributed by atoms with Gasteiger partial charge >= 0.3 is 0 Å². The molecule has 0 spiro atoms. The standard InChI is InChI=1S/C18H20FN3O/c1-11-5-6-12(7-15(11)19)16(20)8-14(18(2,3)4)17-21-9-13(10-23)22-17/h5-10,20H,1-4H3,(H,21,22)/b14-8+,20-16?. The van der Waals surface area contributed by atoms with E-state index in [0.29, 0.717) is 28.9 Å². The smallest absolute Gasteiger partial charge is 0.167 e. The second kappa shape index (κ2) is 6.28. The summed E-state index contributed by atoms with van der Waals surface area (Å²) in [5.74, 6) is 0.205. The average molecular weight is 313 g/mol. The number of rotatable bonds is 4. The number of aldehydes is 1. The third-order valence-electron chi connectivity index (χ3n) is 3.56. The lowest BCUT2D eigenvalue weighted by atomic mass is 9.84. The summed E-state index contributed by atoms with van der Waals surface area (Å²) in [5, 5.41) is 8.25. The van der Waals surface area contributed by atoms with Crippen molar-refractivity contribution in [3.05, 3.63) is 58.9 Å². The van der Waals surface area contributed by atoms with Gasteiger partial charge in [0.1, 0.15) is 11.6 Å². The van der Waals surface area contributed by atoms with Crippen LogP contribution in [-0.4, -0.2) is 22.0 Å². The van der Waals surface area contributed by atoms with Gasteiger partial charge in [-0.2, -0.15) is 0 Å². The van der Waals surface area contributed by atoms with Gasteiger partial charge in [-0.15, -0.1) is 0 Å². The number of halogens is 1. The van der Waals surface area contributed by atoms with E-state index in [9.17, 15) is 9.18 Å². The van der Waals surface area contributed by atoms with E-state index in [2.05, 4.69) is 9.97 Å². The predicted molar refractivity (Wildman–Crippen MR) is 89.4 cm³/mol. The molecular weight excluding hydrogens is 293 g/mol. The SMILES string of the molecule is Cc1ccc(C(=N)/C=C(\c2ncc(C=O)[nH]2)C(C)(C)C)cc1F. The Morgan fingerprint density at radius 1 is 1.35 bits per heavy atom. The van der Waals surface area contributed by atoms with Crippen molar-refractivity contribution in [2.24, 2.45) is 5.41 Å². The third-order valence-corrected chi connectivity index (χ3v) is 3.56. The topological polar surface area (TPSA) is 69.6 Å². The average Bonchev–Trinajstić information content (AvgIpc) is 2.94. The van der Waals surface area contributed by atoms with Crippen LogP contribution in [0.15, 0.2) is 30.5 Å². The lowest BCUT2D eigenvalue weighted by Crippen LogP contribution is -2.12. The molecule has 0 radical (unpaired) electrons. The summed E-state index contributed by atoms with van der Waals surface area (Å²) in [6.07, 6.45) is 3.81. The Morgan fingerprint density at radius 2 is 2.04 bits per heavy atom. The first-order valence-corrected chi connectivity index (χ1v) is 7.30. The van der Waals surface area contributed by atoms with Crippen molar-refractivity contribution in [3.63, 3.8) is 0 Å². The van der Waals surface area contributed by atoms with Crippen LogP contribution < -0.4 is 0 Å². The van der Waals surface area contributed by atoms with Crippen LogP contribution in [-0.2, 0) is 0 Å². The van der Waals surface area contributed by atoms with Crippen molar-refractivity contribution in [2.75, 3.05) is 0 Å². The van der Waals surface area contributed by atoms with Crippen molar-refractivity contribution in [2.45, 2.75) is 27.7 Å². The summed E-state index contributed by atoms with van der Waals surface area (Å²) >= 11 is 0. The molecule has 23 heavy (non-hydrogen) atoms. The molecule has 0 fully saturated rings. The van der Waals surface area contributed by atoms with Gasteiger partial charge in [-0.1, -0.05) is 32.9 Å². The lowest BCUT2D eigenvalue weighted by Gasteiger charge is -2.21. The highest BCUT2D eigenvalue weighted by atomic mass is 19.1. The van der Waals surface area contributed by atoms with E-state index >= 15 is 0 Å². The monoisotopic (exact) mass is 313 g/mol. The van der Waals surface area contributed by atoms with Gasteiger partial charge in [0.25, 0.3) is 0 Å². The van der Waals surface area contributed by atoms with E-state index in [-0.39, 0.29) is 16.9 Å². The summed E-state index contributed by atoms with van der Waals surface area (Å²) < 4.78 is 13.7. The van der Waals surface area contributed by atoms with Gasteiger partial charge in [0.15, 0.2) is 6.29 Å². The highest BCUT2D eigenvalue weighted by Crippen LogP contribution is 2.32. The molecule has 0 unspecified atom stereocenters. The number of aromatic nitrogens is 2. The molecule has 2 aromatic rings. The number of carbonyl (C=O) groups is 1. The minimum absolute atomic E-state index is 0.192. The maximum Gasteiger partial charge on any atom is 0.167 e. The number of aromatic amines is 1. The molecule has 5 heteroatoms. The number of H-pyrrole nitrogens is 1. The molecule has 0 aliphatic carbocycles. The minimum Gasteiger partial charge on any atom is -0.336 e. The molecule has 0 amide bonds. The number of allylic oxidation sites excluding steroid dienone is 2. The first-order chi connectivity index (χ1) is 10.7. The van der Waals surface area contributed by atoms with Crippen molar-refractivity contribution in [3.8, 4) is 0 Å². The van der Waals surface area contributed by atoms with E-state index in [0.717, 1.165) is 5.57 Å². The van der Waals surface area contributed by atoms with Crippen LogP contribution in [0.25, 0.3) is 5.57 Å². The Kier molecular flexibility index (Phi) is 4.59. The molecule has 0 aliphatic heterocycles. The van der Waals surface area contributed by atoms with Gasteiger partial charge in [-0.3, -0.25) is 4.79 Å². The van der Waals surface area contributed by atoms with Gasteiger partial charge in [-0.25, -0.2) is 9.37 Å². The van der Waals surface area contributed by atoms with Crippen LogP contribution in [0.1, 0.15) is 48.2 Å². The molecule has 120 valence electrons. The molecule has 2 N–H and O–H groups in total. The van der Waals surface area contributed by atoms with Crippen LogP contribution in [0.5, 0.6) is 0 Å². The highest BCUT2D eigenvalue weighted by Gasteiger charge is 2.22. The quantitative estimate of drug-likeness (QED) is 0.657. The van der Waals surface area contributed by atoms with Crippen molar-refractivity contribution in [1.82, 2.24) is 9.97 Å². The zero-order valence-corrected chi connectivity index (χ0v) is 13.7. The predicted octanol–water partition coefficient (Wildman–Crippen LogP) is 4.17. The molecule has 4 nitrogen and oxygen atoms in total. The molecule has 0 atom stereocenters. The van der Waals surface area contributed by atoms with Gasteiger partial charge in [-0.05, 0) is 30.0 Å². The lowest BCUT2D eigenvalue weighted by molar-refractivity contribution is 0.111. The van der Waals surface area contributed by atoms with Crippen LogP contribution >= 0.6 is 0 Å². The van der Waals surface area contributed by atoms with Crippen molar-refractivity contribution in [1.29, 1.82) is 5.41 Å². The Balaban J connectivity index is 2.46. The van der Waals surface area contributed by atoms with E-state index in [4.69, 9.17) is 5.41 Å². The van der Waals surface area contributed by atoms with Gasteiger partial charge in [0.05, 0.1) is 17.6 Å². The zero-order valence-electron chi connectivity index (χ0n) is 13.7. The Labute approximate surface area is 135 Å². The molecule has 0 saturated heterocycles. The maximum atomic E-state index is 13.7. The molecule has 1 aromatic heterocycles. The number of aryl methyl sites for hydroxylation is 1. The molecular formula is C18H20FN3O. The Bertz CT molecular complexity index is 782. The number of nitrogens with zero attached hydrogens (tertiary/aromatic N) is 1. The fraction of sp³-hybridized carbons (Fsp3) is 0.278. The number of benzene rings is 1. The maximum absolute atomic E-state index is 13.7. The molecule has 2 rings (SSSR count). The minimum atomic E-state index is -0.334. The van der Waals surface area contributed by atoms with E-state index in [1.165, 1.54) is 12.3 Å². The van der Waals surface area contributed by atoms with E-state index in [1.54, 1.807) is 25.1 Å². The molecule has 0 bridgehead atoms. The fourth-order valence-electron chi connectivity index (χ4n) is 2.16. The van der Waals surface area contributed by atoms with E-state index in [1.807, 2.05) is 20.8 Å². The molecule has 1 aromatic carbocycles. The largest absolute Gasteiger partial charge is 0.336 e. The molecule has 0 saturated carbocycles. The summed E-state index contributed by atoms with van der Waals surface area (Å²) in [5.41, 5.74) is 2.09. The van der Waals surface area contributed by atoms with Crippen molar-refractivity contribution >= 4 is 17.6 Å². The summed E-state index contributed by atoms with van der Waals surface area (Å²) in [6.45, 7) is 7.66. The summed E-state index contributed by atoms with van der Waals surface area (Å²) in [4.78, 5) is 18.0. The highest BCUT2D eigenvalue weighted by molar-refractivity contribution is 6.10. The molecule has 0 aliphatic rings. The normalized spacial score (nSPS) is 12.3. The summed E-state index contributed by atoms with van der Waals surface area (Å²) in [7, 11) is 0. The first-order valence-electron chi connectivity index (χ1n) is 7.30. The van der Waals surface area contributed by atoms with Gasteiger partial charge in [0.2, 0.25) is 0 Å². The zero-order chi connectivity index (χ0) is 17.2. The molecule has 1 heterocycles. The third kappa shape index (κ3) is 3.80. The van der Waals surface area contributed by atoms with Crippen LogP contribution in [0.2, 0.25) is 0 Å². The van der Waals surface area contributed by atoms with E-state index < -0.39 is 0 Å². The number of carbonyl (C=O) groups excluding carboxylic acids is 1. The second-order valence-corrected chi connectivity index (χ2v) is 6.49. The van der Waals surface area contributed by atoms with Gasteiger partial charge in [0, 0.05) is 11.1 Å². The van der Waals surface area contributed by atoms with Crippen LogP contribution in [0.4, 0.5) is 4.39 Å². The van der Waals surface area contributed by atoms with Crippen LogP contribution in [0.3, 0.4) is 0 Å². The Hall–Kier alpha value is -2.56. The number of nitrogens with one attached hydrogen (secondary N) is 2. The van der Waals surface area contributed by atoms with Gasteiger partial charge < -0.3 is 10.4 Å². The number of hydrogen-bond acceptors (Lipinski definition) is 3. The van der Waals surface area contributed by atoms with Crippen molar-refractivity contribution < 1.29 is 9.18 Å². The number of imidazole rings is 1. The first kappa shape index (κ1) is 16.8. The summed E-state index contributed by atoms with van der Waals surface area (Å²) in [6, 6.07) is 4.73. The second-order valence-electron chi connectivity index (χ2n) is 6.49. The number of hydrogen-bond donors (Lipinski definition) is 2. The fourth-order valence-corrected chi connectivity index (χ4v) is 2.16. The van der Waals surface area contributed by atoms with Crippen LogP contribution in [0, 0.1) is 23.6 Å².